The van der Waals surface area contributed by atoms with Gasteiger partial charge in [0.05, 0.1) is 12.1 Å². The number of carboxylic acid groups (broad SMARTS) is 1. The highest BCUT2D eigenvalue weighted by Crippen LogP contribution is 2.33. The van der Waals surface area contributed by atoms with Crippen molar-refractivity contribution in [1.82, 2.24) is 5.32 Å². The van der Waals surface area contributed by atoms with Crippen molar-refractivity contribution in [3.8, 4) is 0 Å². The number of carbonyl (C=O) groups is 2. The number of hydrogen-bond donors (Lipinski definition) is 2. The summed E-state index contributed by atoms with van der Waals surface area (Å²) in [7, 11) is 0. The van der Waals surface area contributed by atoms with Gasteiger partial charge in [0.25, 0.3) is 5.60 Å². The zero-order chi connectivity index (χ0) is 12.6. The van der Waals surface area contributed by atoms with Crippen LogP contribution in [0, 0.1) is 11.6 Å². The number of hydrogen-bond acceptors (Lipinski definition) is 3. The number of ether oxygens (including phenoxy) is 1. The van der Waals surface area contributed by atoms with Crippen LogP contribution in [0.4, 0.5) is 13.6 Å². The third-order valence-corrected chi connectivity index (χ3v) is 2.46. The highest BCUT2D eigenvalue weighted by atomic mass is 19.1. The Labute approximate surface area is 94.0 Å². The number of aliphatic carboxylic acids is 1. The molecule has 1 aromatic rings. The van der Waals surface area contributed by atoms with Crippen LogP contribution < -0.4 is 5.32 Å². The van der Waals surface area contributed by atoms with Gasteiger partial charge in [-0.15, -0.1) is 0 Å². The van der Waals surface area contributed by atoms with Crippen molar-refractivity contribution in [2.75, 3.05) is 6.54 Å². The lowest BCUT2D eigenvalue weighted by molar-refractivity contribution is -0.156. The standard InChI is InChI=1S/C10H7F2NO4/c11-5-2-1-3-6(12)7(5)10(8(14)15)4-13-9(16)17-10/h1-3H,4H2,(H,13,16)(H,14,15). The number of amides is 1. The molecular formula is C10H7F2NO4. The van der Waals surface area contributed by atoms with E-state index in [-0.39, 0.29) is 0 Å². The van der Waals surface area contributed by atoms with E-state index in [9.17, 15) is 18.4 Å². The van der Waals surface area contributed by atoms with Crippen LogP contribution in [0.1, 0.15) is 5.56 Å². The summed E-state index contributed by atoms with van der Waals surface area (Å²) >= 11 is 0. The fraction of sp³-hybridized carbons (Fsp3) is 0.200. The maximum Gasteiger partial charge on any atom is 0.408 e. The zero-order valence-corrected chi connectivity index (χ0v) is 8.37. The average Bonchev–Trinajstić information content (AvgIpc) is 2.61. The maximum atomic E-state index is 13.5. The lowest BCUT2D eigenvalue weighted by Gasteiger charge is -2.22. The number of nitrogens with one attached hydrogen (secondary N) is 1. The molecule has 1 saturated heterocycles. The molecule has 2 N–H and O–H groups in total. The SMILES string of the molecule is O=C1NCC(C(=O)O)(c2c(F)cccc2F)O1. The molecule has 0 radical (unpaired) electrons. The molecule has 1 aromatic carbocycles. The average molecular weight is 243 g/mol. The maximum absolute atomic E-state index is 13.5. The van der Waals surface area contributed by atoms with Crippen LogP contribution in [-0.2, 0) is 15.1 Å². The minimum atomic E-state index is -2.35. The Balaban J connectivity index is 2.62. The number of rotatable bonds is 2. The van der Waals surface area contributed by atoms with Gasteiger partial charge >= 0.3 is 12.1 Å². The molecule has 1 unspecified atom stereocenters. The summed E-state index contributed by atoms with van der Waals surface area (Å²) < 4.78 is 31.6. The predicted octanol–water partition coefficient (Wildman–Crippen LogP) is 0.985. The number of carboxylic acids is 1. The van der Waals surface area contributed by atoms with Crippen molar-refractivity contribution >= 4 is 12.1 Å². The molecule has 1 amide bonds. The highest BCUT2D eigenvalue weighted by molar-refractivity contribution is 5.86. The topological polar surface area (TPSA) is 75.6 Å². The van der Waals surface area contributed by atoms with Gasteiger partial charge in [-0.1, -0.05) is 6.07 Å². The largest absolute Gasteiger partial charge is 0.478 e. The Hall–Kier alpha value is -2.18. The van der Waals surface area contributed by atoms with Crippen molar-refractivity contribution in [2.24, 2.45) is 0 Å². The van der Waals surface area contributed by atoms with Crippen LogP contribution in [0.3, 0.4) is 0 Å². The van der Waals surface area contributed by atoms with Gasteiger partial charge in [-0.05, 0) is 12.1 Å². The van der Waals surface area contributed by atoms with Crippen molar-refractivity contribution in [3.05, 3.63) is 35.4 Å². The molecule has 1 heterocycles. The summed E-state index contributed by atoms with van der Waals surface area (Å²) in [5.41, 5.74) is -3.14. The number of cyclic esters (lactones) is 1. The van der Waals surface area contributed by atoms with Gasteiger partial charge < -0.3 is 15.2 Å². The Morgan fingerprint density at radius 3 is 2.41 bits per heavy atom. The van der Waals surface area contributed by atoms with Gasteiger partial charge in [0.1, 0.15) is 11.6 Å². The lowest BCUT2D eigenvalue weighted by atomic mass is 9.93. The number of halogens is 2. The van der Waals surface area contributed by atoms with E-state index in [1.165, 1.54) is 0 Å². The first-order chi connectivity index (χ1) is 7.97. The summed E-state index contributed by atoms with van der Waals surface area (Å²) in [6.07, 6.45) is -1.03. The molecular weight excluding hydrogens is 236 g/mol. The van der Waals surface area contributed by atoms with Gasteiger partial charge in [0, 0.05) is 0 Å². The van der Waals surface area contributed by atoms with Gasteiger partial charge in [0.15, 0.2) is 0 Å². The zero-order valence-electron chi connectivity index (χ0n) is 8.37. The first-order valence-electron chi connectivity index (χ1n) is 4.62. The van der Waals surface area contributed by atoms with E-state index in [1.807, 2.05) is 0 Å². The number of benzene rings is 1. The molecule has 1 aliphatic rings. The van der Waals surface area contributed by atoms with Crippen LogP contribution in [0.5, 0.6) is 0 Å². The Morgan fingerprint density at radius 1 is 1.41 bits per heavy atom. The third-order valence-electron chi connectivity index (χ3n) is 2.46. The molecule has 5 nitrogen and oxygen atoms in total. The Bertz CT molecular complexity index is 485. The molecule has 2 rings (SSSR count). The Morgan fingerprint density at radius 2 is 2.00 bits per heavy atom. The minimum Gasteiger partial charge on any atom is -0.478 e. The van der Waals surface area contributed by atoms with Crippen LogP contribution in [-0.4, -0.2) is 23.7 Å². The second-order valence-corrected chi connectivity index (χ2v) is 3.47. The quantitative estimate of drug-likeness (QED) is 0.812. The highest BCUT2D eigenvalue weighted by Gasteiger charge is 2.52. The molecule has 0 bridgehead atoms. The molecule has 1 fully saturated rings. The minimum absolute atomic E-state index is 0.529. The number of carbonyl (C=O) groups excluding carboxylic acids is 1. The fourth-order valence-corrected chi connectivity index (χ4v) is 1.68. The summed E-state index contributed by atoms with van der Waals surface area (Å²) in [4.78, 5) is 22.0. The first-order valence-corrected chi connectivity index (χ1v) is 4.62. The monoisotopic (exact) mass is 243 g/mol. The van der Waals surface area contributed by atoms with Crippen molar-refractivity contribution in [1.29, 1.82) is 0 Å². The molecule has 0 spiro atoms. The molecule has 0 saturated carbocycles. The van der Waals surface area contributed by atoms with Crippen molar-refractivity contribution in [3.63, 3.8) is 0 Å². The molecule has 1 atom stereocenters. The predicted molar refractivity (Wildman–Crippen MR) is 50.2 cm³/mol. The molecule has 17 heavy (non-hydrogen) atoms. The summed E-state index contributed by atoms with van der Waals surface area (Å²) in [5, 5.41) is 11.1. The van der Waals surface area contributed by atoms with E-state index in [2.05, 4.69) is 10.1 Å². The van der Waals surface area contributed by atoms with E-state index in [0.717, 1.165) is 18.2 Å². The Kier molecular flexibility index (Phi) is 2.45. The molecule has 90 valence electrons. The van der Waals surface area contributed by atoms with Crippen LogP contribution in [0.25, 0.3) is 0 Å². The van der Waals surface area contributed by atoms with E-state index in [1.54, 1.807) is 0 Å². The van der Waals surface area contributed by atoms with Crippen molar-refractivity contribution in [2.45, 2.75) is 5.60 Å². The van der Waals surface area contributed by atoms with E-state index in [4.69, 9.17) is 5.11 Å². The van der Waals surface area contributed by atoms with Gasteiger partial charge in [-0.3, -0.25) is 0 Å². The summed E-state index contributed by atoms with van der Waals surface area (Å²) in [6, 6.07) is 2.89. The summed E-state index contributed by atoms with van der Waals surface area (Å²) in [5.74, 6) is -3.80. The molecule has 0 aliphatic carbocycles. The second-order valence-electron chi connectivity index (χ2n) is 3.47. The van der Waals surface area contributed by atoms with E-state index >= 15 is 0 Å². The normalized spacial score (nSPS) is 23.1. The molecule has 0 aromatic heterocycles. The molecule has 7 heteroatoms. The lowest BCUT2D eigenvalue weighted by Crippen LogP contribution is -2.41. The van der Waals surface area contributed by atoms with Crippen LogP contribution in [0.2, 0.25) is 0 Å². The van der Waals surface area contributed by atoms with Gasteiger partial charge in [-0.25, -0.2) is 18.4 Å². The van der Waals surface area contributed by atoms with Crippen LogP contribution in [0.15, 0.2) is 18.2 Å². The van der Waals surface area contributed by atoms with Gasteiger partial charge in [-0.2, -0.15) is 0 Å². The number of alkyl carbamates (subject to hydrolysis) is 1. The molecule has 1 aliphatic heterocycles. The second kappa shape index (κ2) is 3.69. The van der Waals surface area contributed by atoms with E-state index < -0.39 is 41.4 Å². The van der Waals surface area contributed by atoms with Gasteiger partial charge in [0.2, 0.25) is 0 Å². The van der Waals surface area contributed by atoms with Crippen molar-refractivity contribution < 1.29 is 28.2 Å². The summed E-state index contributed by atoms with van der Waals surface area (Å²) in [6.45, 7) is -0.529. The van der Waals surface area contributed by atoms with Crippen LogP contribution >= 0.6 is 0 Å². The smallest absolute Gasteiger partial charge is 0.408 e. The fourth-order valence-electron chi connectivity index (χ4n) is 1.68. The first kappa shape index (κ1) is 11.3. The van der Waals surface area contributed by atoms with E-state index in [0.29, 0.717) is 0 Å². The third kappa shape index (κ3) is 1.59.